The minimum absolute atomic E-state index is 0.570. The lowest BCUT2D eigenvalue weighted by Crippen LogP contribution is -2.13. The van der Waals surface area contributed by atoms with Crippen LogP contribution < -0.4 is 5.73 Å². The number of anilines is 1. The molecule has 1 aliphatic heterocycles. The van der Waals surface area contributed by atoms with Crippen LogP contribution in [-0.2, 0) is 17.8 Å². The van der Waals surface area contributed by atoms with Crippen LogP contribution in [-0.4, -0.2) is 16.4 Å². The molecule has 0 amide bonds. The zero-order chi connectivity index (χ0) is 11.8. The molecule has 2 heterocycles. The van der Waals surface area contributed by atoms with Crippen molar-refractivity contribution in [3.8, 4) is 5.69 Å². The number of aromatic nitrogens is 2. The zero-order valence-electron chi connectivity index (χ0n) is 9.19. The summed E-state index contributed by atoms with van der Waals surface area (Å²) in [6.45, 7) is 1.29. The summed E-state index contributed by atoms with van der Waals surface area (Å²) in [5.74, 6) is 0.610. The standard InChI is InChI=1S/C12H12BrN3O/c13-9-3-1-2-4-10(9)16-11-7-17-6-5-8(11)12(14)15-16/h1-4H,5-7H2,(H2,14,15). The molecule has 88 valence electrons. The number of nitrogens with two attached hydrogens (primary N) is 1. The highest BCUT2D eigenvalue weighted by atomic mass is 79.9. The fraction of sp³-hybridized carbons (Fsp3) is 0.250. The largest absolute Gasteiger partial charge is 0.382 e. The predicted molar refractivity (Wildman–Crippen MR) is 69.0 cm³/mol. The molecular formula is C12H12BrN3O. The highest BCUT2D eigenvalue weighted by molar-refractivity contribution is 9.10. The Labute approximate surface area is 108 Å². The molecule has 5 heteroatoms. The minimum atomic E-state index is 0.570. The van der Waals surface area contributed by atoms with Crippen LogP contribution in [0.25, 0.3) is 5.69 Å². The normalized spacial score (nSPS) is 14.6. The Morgan fingerprint density at radius 2 is 2.18 bits per heavy atom. The molecule has 17 heavy (non-hydrogen) atoms. The SMILES string of the molecule is Nc1nn(-c2ccccc2Br)c2c1CCOC2. The van der Waals surface area contributed by atoms with E-state index in [0.717, 1.165) is 34.4 Å². The van der Waals surface area contributed by atoms with Crippen LogP contribution in [0.1, 0.15) is 11.3 Å². The number of fused-ring (bicyclic) bond motifs is 1. The zero-order valence-corrected chi connectivity index (χ0v) is 10.8. The maximum absolute atomic E-state index is 5.95. The number of nitrogen functional groups attached to an aromatic ring is 1. The molecule has 0 atom stereocenters. The van der Waals surface area contributed by atoms with Crippen molar-refractivity contribution >= 4 is 21.7 Å². The lowest BCUT2D eigenvalue weighted by Gasteiger charge is -2.15. The lowest BCUT2D eigenvalue weighted by molar-refractivity contribution is 0.106. The maximum Gasteiger partial charge on any atom is 0.149 e. The van der Waals surface area contributed by atoms with Crippen LogP contribution in [0.4, 0.5) is 5.82 Å². The summed E-state index contributed by atoms with van der Waals surface area (Å²) in [6, 6.07) is 7.95. The average molecular weight is 294 g/mol. The van der Waals surface area contributed by atoms with Gasteiger partial charge >= 0.3 is 0 Å². The van der Waals surface area contributed by atoms with Crippen molar-refractivity contribution in [2.24, 2.45) is 0 Å². The van der Waals surface area contributed by atoms with Gasteiger partial charge in [-0.1, -0.05) is 12.1 Å². The quantitative estimate of drug-likeness (QED) is 0.878. The van der Waals surface area contributed by atoms with E-state index in [1.165, 1.54) is 0 Å². The second-order valence-electron chi connectivity index (χ2n) is 3.98. The Kier molecular flexibility index (Phi) is 2.64. The van der Waals surface area contributed by atoms with E-state index in [4.69, 9.17) is 10.5 Å². The smallest absolute Gasteiger partial charge is 0.149 e. The van der Waals surface area contributed by atoms with Gasteiger partial charge in [0.1, 0.15) is 5.82 Å². The van der Waals surface area contributed by atoms with Crippen molar-refractivity contribution in [3.63, 3.8) is 0 Å². The maximum atomic E-state index is 5.95. The van der Waals surface area contributed by atoms with Crippen LogP contribution in [0.5, 0.6) is 0 Å². The van der Waals surface area contributed by atoms with Crippen LogP contribution in [0.2, 0.25) is 0 Å². The van der Waals surface area contributed by atoms with Gasteiger partial charge in [0, 0.05) is 16.5 Å². The molecule has 4 nitrogen and oxygen atoms in total. The summed E-state index contributed by atoms with van der Waals surface area (Å²) in [4.78, 5) is 0. The Balaban J connectivity index is 2.19. The number of ether oxygens (including phenoxy) is 1. The summed E-state index contributed by atoms with van der Waals surface area (Å²) in [5.41, 5.74) is 9.11. The van der Waals surface area contributed by atoms with Crippen molar-refractivity contribution in [1.82, 2.24) is 9.78 Å². The van der Waals surface area contributed by atoms with Gasteiger partial charge in [-0.3, -0.25) is 0 Å². The molecule has 0 aliphatic carbocycles. The highest BCUT2D eigenvalue weighted by Gasteiger charge is 2.21. The van der Waals surface area contributed by atoms with Gasteiger partial charge < -0.3 is 10.5 Å². The monoisotopic (exact) mass is 293 g/mol. The van der Waals surface area contributed by atoms with Crippen molar-refractivity contribution in [2.75, 3.05) is 12.3 Å². The van der Waals surface area contributed by atoms with Crippen molar-refractivity contribution in [1.29, 1.82) is 0 Å². The van der Waals surface area contributed by atoms with Crippen molar-refractivity contribution in [3.05, 3.63) is 40.0 Å². The van der Waals surface area contributed by atoms with E-state index in [2.05, 4.69) is 21.0 Å². The Morgan fingerprint density at radius 3 is 3.00 bits per heavy atom. The lowest BCUT2D eigenvalue weighted by atomic mass is 10.1. The molecule has 0 spiro atoms. The van der Waals surface area contributed by atoms with Crippen molar-refractivity contribution in [2.45, 2.75) is 13.0 Å². The molecule has 2 aromatic rings. The van der Waals surface area contributed by atoms with Gasteiger partial charge in [-0.05, 0) is 28.1 Å². The Morgan fingerprint density at radius 1 is 1.35 bits per heavy atom. The number of benzene rings is 1. The summed E-state index contributed by atoms with van der Waals surface area (Å²) in [5, 5.41) is 4.41. The van der Waals surface area contributed by atoms with Crippen LogP contribution in [0.3, 0.4) is 0 Å². The third-order valence-corrected chi connectivity index (χ3v) is 3.61. The summed E-state index contributed by atoms with van der Waals surface area (Å²) in [7, 11) is 0. The van der Waals surface area contributed by atoms with E-state index in [9.17, 15) is 0 Å². The van der Waals surface area contributed by atoms with E-state index < -0.39 is 0 Å². The fourth-order valence-electron chi connectivity index (χ4n) is 2.09. The minimum Gasteiger partial charge on any atom is -0.382 e. The van der Waals surface area contributed by atoms with Gasteiger partial charge in [0.15, 0.2) is 0 Å². The molecule has 0 bridgehead atoms. The molecule has 0 unspecified atom stereocenters. The van der Waals surface area contributed by atoms with Gasteiger partial charge in [0.05, 0.1) is 24.6 Å². The fourth-order valence-corrected chi connectivity index (χ4v) is 2.54. The summed E-state index contributed by atoms with van der Waals surface area (Å²) < 4.78 is 8.34. The molecule has 0 saturated carbocycles. The number of halogens is 1. The topological polar surface area (TPSA) is 53.1 Å². The molecule has 1 aliphatic rings. The van der Waals surface area contributed by atoms with Gasteiger partial charge in [0.2, 0.25) is 0 Å². The van der Waals surface area contributed by atoms with Crippen LogP contribution in [0.15, 0.2) is 28.7 Å². The predicted octanol–water partition coefficient (Wildman–Crippen LogP) is 2.29. The van der Waals surface area contributed by atoms with Crippen molar-refractivity contribution < 1.29 is 4.74 Å². The first-order chi connectivity index (χ1) is 8.27. The first-order valence-corrected chi connectivity index (χ1v) is 6.25. The van der Waals surface area contributed by atoms with E-state index in [-0.39, 0.29) is 0 Å². The average Bonchev–Trinajstić information content (AvgIpc) is 2.68. The number of hydrogen-bond acceptors (Lipinski definition) is 3. The van der Waals surface area contributed by atoms with Gasteiger partial charge in [-0.2, -0.15) is 5.10 Å². The summed E-state index contributed by atoms with van der Waals surface area (Å²) in [6.07, 6.45) is 0.839. The molecule has 1 aromatic carbocycles. The summed E-state index contributed by atoms with van der Waals surface area (Å²) >= 11 is 3.53. The highest BCUT2D eigenvalue weighted by Crippen LogP contribution is 2.28. The Bertz CT molecular complexity index is 565. The number of nitrogens with zero attached hydrogens (tertiary/aromatic N) is 2. The molecule has 2 N–H and O–H groups in total. The second-order valence-corrected chi connectivity index (χ2v) is 4.83. The number of rotatable bonds is 1. The number of para-hydroxylation sites is 1. The van der Waals surface area contributed by atoms with Gasteiger partial charge in [0.25, 0.3) is 0 Å². The third-order valence-electron chi connectivity index (χ3n) is 2.94. The molecule has 3 rings (SSSR count). The molecule has 1 aromatic heterocycles. The van der Waals surface area contributed by atoms with E-state index in [1.54, 1.807) is 0 Å². The van der Waals surface area contributed by atoms with Gasteiger partial charge in [-0.25, -0.2) is 4.68 Å². The first kappa shape index (κ1) is 10.8. The molecule has 0 fully saturated rings. The van der Waals surface area contributed by atoms with Gasteiger partial charge in [-0.15, -0.1) is 0 Å². The van der Waals surface area contributed by atoms with Crippen LogP contribution in [0, 0.1) is 0 Å². The van der Waals surface area contributed by atoms with E-state index in [0.29, 0.717) is 12.4 Å². The van der Waals surface area contributed by atoms with Crippen LogP contribution >= 0.6 is 15.9 Å². The number of hydrogen-bond donors (Lipinski definition) is 1. The third kappa shape index (κ3) is 1.75. The second kappa shape index (κ2) is 4.16. The van der Waals surface area contributed by atoms with E-state index >= 15 is 0 Å². The Hall–Kier alpha value is -1.33. The molecular weight excluding hydrogens is 282 g/mol. The molecule has 0 saturated heterocycles. The molecule has 0 radical (unpaired) electrons. The van der Waals surface area contributed by atoms with E-state index in [1.807, 2.05) is 28.9 Å². The first-order valence-electron chi connectivity index (χ1n) is 5.46.